The van der Waals surface area contributed by atoms with Crippen molar-refractivity contribution in [2.45, 2.75) is 19.4 Å². The summed E-state index contributed by atoms with van der Waals surface area (Å²) in [7, 11) is 4.30. The summed E-state index contributed by atoms with van der Waals surface area (Å²) in [5.74, 6) is 1.12. The second-order valence-electron chi connectivity index (χ2n) is 4.55. The SMILES string of the molecule is Cc1ccc(N2CC[C@H](N(C)C)C2)nc1. The molecule has 1 aliphatic rings. The Labute approximate surface area is 91.7 Å². The van der Waals surface area contributed by atoms with Crippen molar-refractivity contribution in [3.8, 4) is 0 Å². The van der Waals surface area contributed by atoms with E-state index in [0.29, 0.717) is 6.04 Å². The van der Waals surface area contributed by atoms with E-state index in [9.17, 15) is 0 Å². The lowest BCUT2D eigenvalue weighted by Crippen LogP contribution is -2.31. The molecule has 0 aromatic carbocycles. The Bertz CT molecular complexity index is 318. The van der Waals surface area contributed by atoms with E-state index in [-0.39, 0.29) is 0 Å². The first kappa shape index (κ1) is 10.4. The summed E-state index contributed by atoms with van der Waals surface area (Å²) >= 11 is 0. The molecule has 2 heterocycles. The lowest BCUT2D eigenvalue weighted by Gasteiger charge is -2.21. The van der Waals surface area contributed by atoms with Crippen molar-refractivity contribution in [1.29, 1.82) is 0 Å². The Morgan fingerprint density at radius 1 is 1.40 bits per heavy atom. The molecule has 1 atom stereocenters. The van der Waals surface area contributed by atoms with Crippen LogP contribution in [0.4, 0.5) is 5.82 Å². The Kier molecular flexibility index (Phi) is 2.91. The van der Waals surface area contributed by atoms with Gasteiger partial charge >= 0.3 is 0 Å². The highest BCUT2D eigenvalue weighted by molar-refractivity contribution is 5.40. The maximum Gasteiger partial charge on any atom is 0.128 e. The third kappa shape index (κ3) is 2.29. The minimum Gasteiger partial charge on any atom is -0.355 e. The van der Waals surface area contributed by atoms with E-state index in [2.05, 4.69) is 47.9 Å². The van der Waals surface area contributed by atoms with Gasteiger partial charge in [0.1, 0.15) is 5.82 Å². The predicted molar refractivity (Wildman–Crippen MR) is 63.3 cm³/mol. The van der Waals surface area contributed by atoms with Gasteiger partial charge in [-0.3, -0.25) is 0 Å². The van der Waals surface area contributed by atoms with Gasteiger partial charge in [-0.15, -0.1) is 0 Å². The first-order valence-electron chi connectivity index (χ1n) is 5.51. The summed E-state index contributed by atoms with van der Waals surface area (Å²) in [6.45, 7) is 4.30. The number of rotatable bonds is 2. The zero-order valence-electron chi connectivity index (χ0n) is 9.77. The molecule has 1 aromatic rings. The minimum absolute atomic E-state index is 0.674. The molecule has 1 aliphatic heterocycles. The van der Waals surface area contributed by atoms with Crippen molar-refractivity contribution >= 4 is 5.82 Å². The first-order valence-corrected chi connectivity index (χ1v) is 5.51. The molecule has 2 rings (SSSR count). The maximum absolute atomic E-state index is 4.46. The van der Waals surface area contributed by atoms with Crippen molar-refractivity contribution < 1.29 is 0 Å². The van der Waals surface area contributed by atoms with Crippen molar-refractivity contribution in [2.75, 3.05) is 32.1 Å². The standard InChI is InChI=1S/C12H19N3/c1-10-4-5-12(13-8-10)15-7-6-11(9-15)14(2)3/h4-5,8,11H,6-7,9H2,1-3H3/t11-/m0/s1. The summed E-state index contributed by atoms with van der Waals surface area (Å²) in [5, 5.41) is 0. The van der Waals surface area contributed by atoms with Gasteiger partial charge in [-0.25, -0.2) is 4.98 Å². The number of pyridine rings is 1. The van der Waals surface area contributed by atoms with Gasteiger partial charge < -0.3 is 9.80 Å². The summed E-state index contributed by atoms with van der Waals surface area (Å²) in [6.07, 6.45) is 3.18. The maximum atomic E-state index is 4.46. The van der Waals surface area contributed by atoms with Gasteiger partial charge in [0.2, 0.25) is 0 Å². The minimum atomic E-state index is 0.674. The van der Waals surface area contributed by atoms with Crippen molar-refractivity contribution in [2.24, 2.45) is 0 Å². The van der Waals surface area contributed by atoms with Gasteiger partial charge in [-0.1, -0.05) is 6.07 Å². The molecule has 3 nitrogen and oxygen atoms in total. The number of nitrogens with zero attached hydrogens (tertiary/aromatic N) is 3. The number of aromatic nitrogens is 1. The van der Waals surface area contributed by atoms with Crippen LogP contribution in [0.2, 0.25) is 0 Å². The van der Waals surface area contributed by atoms with Crippen LogP contribution in [-0.4, -0.2) is 43.1 Å². The van der Waals surface area contributed by atoms with Crippen molar-refractivity contribution in [3.05, 3.63) is 23.9 Å². The molecule has 82 valence electrons. The Morgan fingerprint density at radius 2 is 2.20 bits per heavy atom. The highest BCUT2D eigenvalue weighted by Gasteiger charge is 2.24. The molecule has 0 radical (unpaired) electrons. The number of anilines is 1. The summed E-state index contributed by atoms with van der Waals surface area (Å²) in [4.78, 5) is 9.13. The highest BCUT2D eigenvalue weighted by atomic mass is 15.3. The van der Waals surface area contributed by atoms with Crippen LogP contribution >= 0.6 is 0 Å². The number of hydrogen-bond acceptors (Lipinski definition) is 3. The molecule has 0 N–H and O–H groups in total. The molecule has 1 aromatic heterocycles. The first-order chi connectivity index (χ1) is 7.16. The van der Waals surface area contributed by atoms with E-state index in [1.165, 1.54) is 12.0 Å². The van der Waals surface area contributed by atoms with Crippen LogP contribution in [0.15, 0.2) is 18.3 Å². The number of hydrogen-bond donors (Lipinski definition) is 0. The highest BCUT2D eigenvalue weighted by Crippen LogP contribution is 2.19. The molecular weight excluding hydrogens is 186 g/mol. The van der Waals surface area contributed by atoms with Gasteiger partial charge in [0.05, 0.1) is 0 Å². The Morgan fingerprint density at radius 3 is 2.73 bits per heavy atom. The number of likely N-dealkylation sites (N-methyl/N-ethyl adjacent to an activating group) is 1. The summed E-state index contributed by atoms with van der Waals surface area (Å²) < 4.78 is 0. The van der Waals surface area contributed by atoms with Gasteiger partial charge in [0, 0.05) is 25.3 Å². The molecule has 0 aliphatic carbocycles. The average Bonchev–Trinajstić information content (AvgIpc) is 2.68. The lowest BCUT2D eigenvalue weighted by molar-refractivity contribution is 0.315. The fraction of sp³-hybridized carbons (Fsp3) is 0.583. The quantitative estimate of drug-likeness (QED) is 0.730. The molecule has 0 spiro atoms. The molecular formula is C12H19N3. The molecule has 1 fully saturated rings. The molecule has 1 saturated heterocycles. The zero-order chi connectivity index (χ0) is 10.8. The molecule has 0 amide bonds. The second kappa shape index (κ2) is 4.19. The largest absolute Gasteiger partial charge is 0.355 e. The second-order valence-corrected chi connectivity index (χ2v) is 4.55. The molecule has 15 heavy (non-hydrogen) atoms. The van der Waals surface area contributed by atoms with Crippen LogP contribution in [0.3, 0.4) is 0 Å². The van der Waals surface area contributed by atoms with Gasteiger partial charge in [0.15, 0.2) is 0 Å². The van der Waals surface area contributed by atoms with E-state index < -0.39 is 0 Å². The van der Waals surface area contributed by atoms with E-state index in [1.54, 1.807) is 0 Å². The van der Waals surface area contributed by atoms with Crippen molar-refractivity contribution in [1.82, 2.24) is 9.88 Å². The van der Waals surface area contributed by atoms with Crippen LogP contribution in [0, 0.1) is 6.92 Å². The van der Waals surface area contributed by atoms with Crippen LogP contribution in [0.1, 0.15) is 12.0 Å². The molecule has 0 unspecified atom stereocenters. The fourth-order valence-electron chi connectivity index (χ4n) is 2.02. The Hall–Kier alpha value is -1.09. The topological polar surface area (TPSA) is 19.4 Å². The van der Waals surface area contributed by atoms with E-state index >= 15 is 0 Å². The third-order valence-corrected chi connectivity index (χ3v) is 3.11. The third-order valence-electron chi connectivity index (χ3n) is 3.11. The predicted octanol–water partition coefficient (Wildman–Crippen LogP) is 1.53. The van der Waals surface area contributed by atoms with Crippen LogP contribution in [0.25, 0.3) is 0 Å². The summed E-state index contributed by atoms with van der Waals surface area (Å²) in [6, 6.07) is 4.92. The molecule has 0 bridgehead atoms. The van der Waals surface area contributed by atoms with Gasteiger partial charge in [-0.05, 0) is 39.1 Å². The normalized spacial score (nSPS) is 21.3. The monoisotopic (exact) mass is 205 g/mol. The van der Waals surface area contributed by atoms with Crippen LogP contribution in [0.5, 0.6) is 0 Å². The van der Waals surface area contributed by atoms with E-state index in [4.69, 9.17) is 0 Å². The number of aryl methyl sites for hydroxylation is 1. The fourth-order valence-corrected chi connectivity index (χ4v) is 2.02. The average molecular weight is 205 g/mol. The van der Waals surface area contributed by atoms with Crippen molar-refractivity contribution in [3.63, 3.8) is 0 Å². The van der Waals surface area contributed by atoms with Gasteiger partial charge in [-0.2, -0.15) is 0 Å². The van der Waals surface area contributed by atoms with Crippen LogP contribution in [-0.2, 0) is 0 Å². The molecule has 3 heteroatoms. The van der Waals surface area contributed by atoms with Crippen LogP contribution < -0.4 is 4.90 Å². The van der Waals surface area contributed by atoms with E-state index in [0.717, 1.165) is 18.9 Å². The van der Waals surface area contributed by atoms with E-state index in [1.807, 2.05) is 6.20 Å². The van der Waals surface area contributed by atoms with Gasteiger partial charge in [0.25, 0.3) is 0 Å². The summed E-state index contributed by atoms with van der Waals surface area (Å²) in [5.41, 5.74) is 1.22. The zero-order valence-corrected chi connectivity index (χ0v) is 9.77. The molecule has 0 saturated carbocycles. The smallest absolute Gasteiger partial charge is 0.128 e. The Balaban J connectivity index is 2.04. The lowest BCUT2D eigenvalue weighted by atomic mass is 10.2.